The third-order valence-corrected chi connectivity index (χ3v) is 6.82. The second-order valence-electron chi connectivity index (χ2n) is 7.00. The van der Waals surface area contributed by atoms with Gasteiger partial charge in [-0.1, -0.05) is 13.3 Å². The molecule has 5 nitrogen and oxygen atoms in total. The summed E-state index contributed by atoms with van der Waals surface area (Å²) in [5.74, 6) is 1.51. The van der Waals surface area contributed by atoms with Crippen LogP contribution in [0.25, 0.3) is 20.4 Å². The van der Waals surface area contributed by atoms with E-state index >= 15 is 0 Å². The lowest BCUT2D eigenvalue weighted by molar-refractivity contribution is 0.494. The normalized spacial score (nSPS) is 23.5. The van der Waals surface area contributed by atoms with Crippen molar-refractivity contribution in [1.29, 1.82) is 0 Å². The number of aromatic nitrogens is 3. The van der Waals surface area contributed by atoms with Crippen molar-refractivity contribution in [1.82, 2.24) is 14.6 Å². The summed E-state index contributed by atoms with van der Waals surface area (Å²) in [7, 11) is 0. The maximum absolute atomic E-state index is 13.1. The molecule has 0 N–H and O–H groups in total. The molecule has 4 heterocycles. The largest absolute Gasteiger partial charge is 0.308 e. The molecule has 5 rings (SSSR count). The number of thiophene rings is 1. The van der Waals surface area contributed by atoms with Crippen molar-refractivity contribution in [2.24, 2.45) is 11.8 Å². The number of fused-ring (bicyclic) bond motifs is 4. The van der Waals surface area contributed by atoms with Gasteiger partial charge in [0.2, 0.25) is 0 Å². The Labute approximate surface area is 143 Å². The van der Waals surface area contributed by atoms with E-state index in [4.69, 9.17) is 0 Å². The molecule has 0 spiro atoms. The summed E-state index contributed by atoms with van der Waals surface area (Å²) in [5, 5.41) is 3.25. The molecule has 1 aliphatic heterocycles. The van der Waals surface area contributed by atoms with Gasteiger partial charge in [-0.05, 0) is 42.7 Å². The molecule has 124 valence electrons. The monoisotopic (exact) mass is 340 g/mol. The molecule has 2 aliphatic rings. The number of pyridine rings is 1. The Balaban J connectivity index is 1.66. The number of hydrogen-bond acceptors (Lipinski definition) is 5. The fourth-order valence-corrected chi connectivity index (χ4v) is 5.56. The van der Waals surface area contributed by atoms with Crippen LogP contribution in [0, 0.1) is 11.8 Å². The highest BCUT2D eigenvalue weighted by atomic mass is 32.1. The van der Waals surface area contributed by atoms with Crippen LogP contribution in [0.1, 0.15) is 31.7 Å². The molecule has 1 saturated carbocycles. The number of hydrogen-bond donors (Lipinski definition) is 0. The van der Waals surface area contributed by atoms with Gasteiger partial charge in [0.15, 0.2) is 0 Å². The van der Waals surface area contributed by atoms with E-state index in [1.807, 2.05) is 12.3 Å². The van der Waals surface area contributed by atoms with Crippen molar-refractivity contribution in [3.63, 3.8) is 0 Å². The Morgan fingerprint density at radius 2 is 2.04 bits per heavy atom. The van der Waals surface area contributed by atoms with Crippen LogP contribution < -0.4 is 10.6 Å². The smallest absolute Gasteiger partial charge is 0.290 e. The summed E-state index contributed by atoms with van der Waals surface area (Å²) in [6.45, 7) is 4.10. The molecule has 2 atom stereocenters. The highest BCUT2D eigenvalue weighted by Gasteiger charge is 2.36. The molecule has 6 heteroatoms. The first kappa shape index (κ1) is 14.4. The van der Waals surface area contributed by atoms with Gasteiger partial charge < -0.3 is 5.01 Å². The maximum atomic E-state index is 13.1. The fourth-order valence-electron chi connectivity index (χ4n) is 4.49. The molecular weight excluding hydrogens is 320 g/mol. The van der Waals surface area contributed by atoms with Crippen LogP contribution in [0.3, 0.4) is 0 Å². The molecule has 3 aromatic rings. The van der Waals surface area contributed by atoms with Gasteiger partial charge in [-0.3, -0.25) is 4.79 Å². The quantitative estimate of drug-likeness (QED) is 0.720. The van der Waals surface area contributed by atoms with Crippen molar-refractivity contribution in [3.8, 4) is 0 Å². The minimum Gasteiger partial charge on any atom is -0.308 e. The zero-order valence-corrected chi connectivity index (χ0v) is 14.6. The maximum Gasteiger partial charge on any atom is 0.290 e. The number of aryl methyl sites for hydroxylation is 1. The molecule has 0 amide bonds. The molecule has 1 saturated heterocycles. The first-order valence-electron chi connectivity index (χ1n) is 8.79. The zero-order chi connectivity index (χ0) is 16.3. The van der Waals surface area contributed by atoms with Crippen molar-refractivity contribution in [2.75, 3.05) is 18.1 Å². The molecule has 2 unspecified atom stereocenters. The molecule has 0 aromatic carbocycles. The van der Waals surface area contributed by atoms with E-state index in [0.29, 0.717) is 0 Å². The highest BCUT2D eigenvalue weighted by Crippen LogP contribution is 2.37. The van der Waals surface area contributed by atoms with Crippen LogP contribution >= 0.6 is 11.3 Å². The minimum absolute atomic E-state index is 0.0602. The van der Waals surface area contributed by atoms with Gasteiger partial charge in [0.1, 0.15) is 15.9 Å². The minimum atomic E-state index is 0.0602. The average molecular weight is 340 g/mol. The van der Waals surface area contributed by atoms with E-state index < -0.39 is 0 Å². The third-order valence-electron chi connectivity index (χ3n) is 5.74. The topological polar surface area (TPSA) is 51.0 Å². The Kier molecular flexibility index (Phi) is 3.16. The average Bonchev–Trinajstić information content (AvgIpc) is 3.27. The molecule has 0 radical (unpaired) electrons. The lowest BCUT2D eigenvalue weighted by atomic mass is 10.0. The number of rotatable bonds is 2. The van der Waals surface area contributed by atoms with Gasteiger partial charge >= 0.3 is 0 Å². The molecule has 0 bridgehead atoms. The van der Waals surface area contributed by atoms with Gasteiger partial charge in [0.05, 0.1) is 5.52 Å². The fraction of sp³-hybridized carbons (Fsp3) is 0.500. The molecule has 24 heavy (non-hydrogen) atoms. The summed E-state index contributed by atoms with van der Waals surface area (Å²) in [4.78, 5) is 23.1. The van der Waals surface area contributed by atoms with Crippen LogP contribution in [0.5, 0.6) is 0 Å². The van der Waals surface area contributed by atoms with Gasteiger partial charge in [-0.2, -0.15) is 0 Å². The summed E-state index contributed by atoms with van der Waals surface area (Å²) in [5.41, 5.74) is 2.09. The van der Waals surface area contributed by atoms with Crippen LogP contribution in [0.15, 0.2) is 23.4 Å². The first-order valence-corrected chi connectivity index (χ1v) is 9.61. The van der Waals surface area contributed by atoms with E-state index in [1.54, 1.807) is 11.0 Å². The van der Waals surface area contributed by atoms with E-state index in [-0.39, 0.29) is 5.56 Å². The number of nitrogens with zero attached hydrogens (tertiary/aromatic N) is 4. The highest BCUT2D eigenvalue weighted by molar-refractivity contribution is 7.25. The van der Waals surface area contributed by atoms with Crippen LogP contribution in [-0.4, -0.2) is 27.7 Å². The van der Waals surface area contributed by atoms with Crippen molar-refractivity contribution in [2.45, 2.75) is 32.6 Å². The lowest BCUT2D eigenvalue weighted by Crippen LogP contribution is -2.41. The van der Waals surface area contributed by atoms with E-state index in [9.17, 15) is 4.79 Å². The lowest BCUT2D eigenvalue weighted by Gasteiger charge is -2.21. The molecule has 2 fully saturated rings. The third kappa shape index (κ3) is 1.95. The Hall–Kier alpha value is -1.95. The van der Waals surface area contributed by atoms with Gasteiger partial charge in [0, 0.05) is 24.7 Å². The van der Waals surface area contributed by atoms with E-state index in [1.165, 1.54) is 36.2 Å². The second kappa shape index (κ2) is 5.28. The van der Waals surface area contributed by atoms with Crippen molar-refractivity contribution >= 4 is 31.8 Å². The van der Waals surface area contributed by atoms with Gasteiger partial charge in [-0.25, -0.2) is 14.6 Å². The van der Waals surface area contributed by atoms with Crippen molar-refractivity contribution in [3.05, 3.63) is 34.5 Å². The first-order chi connectivity index (χ1) is 11.8. The molecule has 3 aromatic heterocycles. The summed E-state index contributed by atoms with van der Waals surface area (Å²) < 4.78 is 2.49. The van der Waals surface area contributed by atoms with Gasteiger partial charge in [-0.15, -0.1) is 11.3 Å². The van der Waals surface area contributed by atoms with Gasteiger partial charge in [0.25, 0.3) is 5.56 Å². The van der Waals surface area contributed by atoms with Crippen LogP contribution in [-0.2, 0) is 6.42 Å². The second-order valence-corrected chi connectivity index (χ2v) is 8.00. The summed E-state index contributed by atoms with van der Waals surface area (Å²) in [6.07, 6.45) is 8.43. The van der Waals surface area contributed by atoms with Crippen LogP contribution in [0.4, 0.5) is 0 Å². The van der Waals surface area contributed by atoms with E-state index in [2.05, 4.69) is 21.9 Å². The standard InChI is InChI=1S/C18H20N4OS/c1-2-11-6-7-19-17-14(11)15-16(24-17)18(23)22(10-20-15)21-8-12-4-3-5-13(12)9-21/h6-7,10,12-13H,2-5,8-9H2,1H3. The summed E-state index contributed by atoms with van der Waals surface area (Å²) in [6, 6.07) is 2.03. The Morgan fingerprint density at radius 3 is 2.79 bits per heavy atom. The predicted molar refractivity (Wildman–Crippen MR) is 97.3 cm³/mol. The van der Waals surface area contributed by atoms with Crippen LogP contribution in [0.2, 0.25) is 0 Å². The Bertz CT molecular complexity index is 980. The van der Waals surface area contributed by atoms with Crippen molar-refractivity contribution < 1.29 is 0 Å². The SMILES string of the molecule is CCc1ccnc2sc3c(=O)n(N4CC5CCCC5C4)cnc3c12. The Morgan fingerprint density at radius 1 is 1.25 bits per heavy atom. The molecular formula is C18H20N4OS. The zero-order valence-electron chi connectivity index (χ0n) is 13.7. The molecule has 1 aliphatic carbocycles. The summed E-state index contributed by atoms with van der Waals surface area (Å²) >= 11 is 1.48. The predicted octanol–water partition coefficient (Wildman–Crippen LogP) is 2.94. The van der Waals surface area contributed by atoms with E-state index in [0.717, 1.165) is 51.8 Å².